The first-order valence-corrected chi connectivity index (χ1v) is 7.17. The molecule has 1 saturated carbocycles. The zero-order valence-corrected chi connectivity index (χ0v) is 11.1. The molecule has 1 heterocycles. The highest BCUT2D eigenvalue weighted by Crippen LogP contribution is 2.27. The molecule has 0 radical (unpaired) electrons. The van der Waals surface area contributed by atoms with Gasteiger partial charge in [0.1, 0.15) is 0 Å². The van der Waals surface area contributed by atoms with Crippen molar-refractivity contribution in [1.29, 1.82) is 0 Å². The molecule has 0 bridgehead atoms. The van der Waals surface area contributed by atoms with Gasteiger partial charge in [-0.15, -0.1) is 0 Å². The number of nitrogens with one attached hydrogen (secondary N) is 1. The number of nitrogens with zero attached hydrogens (tertiary/aromatic N) is 1. The van der Waals surface area contributed by atoms with Crippen LogP contribution in [0.1, 0.15) is 31.2 Å². The minimum Gasteiger partial charge on any atom is -0.315 e. The maximum absolute atomic E-state index is 12.1. The van der Waals surface area contributed by atoms with Crippen LogP contribution in [0.25, 0.3) is 0 Å². The second-order valence-electron chi connectivity index (χ2n) is 5.38. The molecule has 0 aromatic heterocycles. The van der Waals surface area contributed by atoms with Gasteiger partial charge in [-0.25, -0.2) is 4.79 Å². The average Bonchev–Trinajstić information content (AvgIpc) is 3.07. The number of carbonyl (C=O) groups excluding carboxylic acids is 1. The quantitative estimate of drug-likeness (QED) is 0.863. The molecule has 2 aliphatic rings. The second-order valence-corrected chi connectivity index (χ2v) is 5.38. The number of urea groups is 1. The van der Waals surface area contributed by atoms with E-state index in [0.717, 1.165) is 18.7 Å². The van der Waals surface area contributed by atoms with Crippen molar-refractivity contribution in [3.63, 3.8) is 0 Å². The zero-order valence-electron chi connectivity index (χ0n) is 11.1. The summed E-state index contributed by atoms with van der Waals surface area (Å²) in [6.07, 6.45) is 10.1. The van der Waals surface area contributed by atoms with E-state index < -0.39 is 0 Å². The Morgan fingerprint density at radius 2 is 2.05 bits per heavy atom. The molecule has 2 amide bonds. The SMILES string of the molecule is O=C(N/C=C/C1CCCC1)N1CCc2ccccc21. The molecule has 3 nitrogen and oxygen atoms in total. The average molecular weight is 256 g/mol. The maximum atomic E-state index is 12.1. The van der Waals surface area contributed by atoms with Crippen molar-refractivity contribution in [2.75, 3.05) is 11.4 Å². The lowest BCUT2D eigenvalue weighted by molar-refractivity contribution is 0.250. The van der Waals surface area contributed by atoms with Gasteiger partial charge < -0.3 is 5.32 Å². The van der Waals surface area contributed by atoms with Crippen molar-refractivity contribution < 1.29 is 4.79 Å². The van der Waals surface area contributed by atoms with Crippen LogP contribution in [0.3, 0.4) is 0 Å². The molecule has 0 spiro atoms. The molecule has 100 valence electrons. The van der Waals surface area contributed by atoms with Crippen molar-refractivity contribution in [2.24, 2.45) is 5.92 Å². The summed E-state index contributed by atoms with van der Waals surface area (Å²) in [5.74, 6) is 0.658. The predicted molar refractivity (Wildman–Crippen MR) is 77.1 cm³/mol. The number of hydrogen-bond donors (Lipinski definition) is 1. The molecular formula is C16H20N2O. The third-order valence-electron chi connectivity index (χ3n) is 4.11. The fourth-order valence-electron chi connectivity index (χ4n) is 3.03. The van der Waals surface area contributed by atoms with E-state index in [1.54, 1.807) is 0 Å². The van der Waals surface area contributed by atoms with Crippen molar-refractivity contribution in [3.05, 3.63) is 42.1 Å². The van der Waals surface area contributed by atoms with Crippen LogP contribution in [0.2, 0.25) is 0 Å². The fraction of sp³-hybridized carbons (Fsp3) is 0.438. The molecule has 3 heteroatoms. The first-order chi connectivity index (χ1) is 9.34. The molecule has 1 N–H and O–H groups in total. The molecule has 19 heavy (non-hydrogen) atoms. The predicted octanol–water partition coefficient (Wildman–Crippen LogP) is 3.46. The molecule has 0 saturated heterocycles. The third-order valence-corrected chi connectivity index (χ3v) is 4.11. The molecule has 1 aliphatic carbocycles. The van der Waals surface area contributed by atoms with Crippen LogP contribution in [0.15, 0.2) is 36.5 Å². The lowest BCUT2D eigenvalue weighted by Crippen LogP contribution is -2.36. The number of para-hydroxylation sites is 1. The van der Waals surface area contributed by atoms with E-state index >= 15 is 0 Å². The van der Waals surface area contributed by atoms with Crippen LogP contribution in [-0.4, -0.2) is 12.6 Å². The summed E-state index contributed by atoms with van der Waals surface area (Å²) in [4.78, 5) is 14.0. The van der Waals surface area contributed by atoms with Gasteiger partial charge in [0.05, 0.1) is 0 Å². The summed E-state index contributed by atoms with van der Waals surface area (Å²) in [5.41, 5.74) is 2.31. The highest BCUT2D eigenvalue weighted by molar-refractivity contribution is 5.94. The number of carbonyl (C=O) groups is 1. The number of anilines is 1. The van der Waals surface area contributed by atoms with Gasteiger partial charge in [-0.3, -0.25) is 4.90 Å². The molecule has 1 fully saturated rings. The van der Waals surface area contributed by atoms with Crippen molar-refractivity contribution in [2.45, 2.75) is 32.1 Å². The lowest BCUT2D eigenvalue weighted by Gasteiger charge is -2.16. The number of fused-ring (bicyclic) bond motifs is 1. The number of rotatable bonds is 2. The summed E-state index contributed by atoms with van der Waals surface area (Å²) in [6.45, 7) is 0.780. The normalized spacial score (nSPS) is 19.1. The van der Waals surface area contributed by atoms with Crippen molar-refractivity contribution >= 4 is 11.7 Å². The molecular weight excluding hydrogens is 236 g/mol. The molecule has 1 aliphatic heterocycles. The van der Waals surface area contributed by atoms with Crippen LogP contribution in [0.5, 0.6) is 0 Å². The molecule has 0 atom stereocenters. The second kappa shape index (κ2) is 5.47. The van der Waals surface area contributed by atoms with Crippen molar-refractivity contribution in [1.82, 2.24) is 5.32 Å². The van der Waals surface area contributed by atoms with Gasteiger partial charge in [0.2, 0.25) is 0 Å². The van der Waals surface area contributed by atoms with Gasteiger partial charge >= 0.3 is 6.03 Å². The topological polar surface area (TPSA) is 32.3 Å². The Labute approximate surface area is 114 Å². The van der Waals surface area contributed by atoms with Crippen LogP contribution in [0, 0.1) is 5.92 Å². The van der Waals surface area contributed by atoms with E-state index in [1.165, 1.54) is 31.2 Å². The molecule has 1 aromatic carbocycles. The largest absolute Gasteiger partial charge is 0.325 e. The summed E-state index contributed by atoms with van der Waals surface area (Å²) >= 11 is 0. The van der Waals surface area contributed by atoms with Crippen LogP contribution in [-0.2, 0) is 6.42 Å². The minimum absolute atomic E-state index is 0.0146. The Kier molecular flexibility index (Phi) is 3.53. The standard InChI is InChI=1S/C16H20N2O/c19-16(17-11-9-13-5-1-2-6-13)18-12-10-14-7-3-4-8-15(14)18/h3-4,7-9,11,13H,1-2,5-6,10,12H2,(H,17,19)/b11-9+. The first kappa shape index (κ1) is 12.3. The number of allylic oxidation sites excluding steroid dienone is 1. The maximum Gasteiger partial charge on any atom is 0.325 e. The Balaban J connectivity index is 1.59. The molecule has 3 rings (SSSR count). The Morgan fingerprint density at radius 1 is 1.26 bits per heavy atom. The summed E-state index contributed by atoms with van der Waals surface area (Å²) in [5, 5.41) is 2.90. The minimum atomic E-state index is -0.0146. The van der Waals surface area contributed by atoms with E-state index in [9.17, 15) is 4.79 Å². The monoisotopic (exact) mass is 256 g/mol. The van der Waals surface area contributed by atoms with Gasteiger partial charge in [-0.1, -0.05) is 37.1 Å². The fourth-order valence-corrected chi connectivity index (χ4v) is 3.03. The van der Waals surface area contributed by atoms with Gasteiger partial charge in [-0.2, -0.15) is 0 Å². The van der Waals surface area contributed by atoms with Gasteiger partial charge in [0, 0.05) is 18.4 Å². The lowest BCUT2D eigenvalue weighted by atomic mass is 10.1. The van der Waals surface area contributed by atoms with Gasteiger partial charge in [0.15, 0.2) is 0 Å². The number of hydrogen-bond acceptors (Lipinski definition) is 1. The highest BCUT2D eigenvalue weighted by atomic mass is 16.2. The Morgan fingerprint density at radius 3 is 2.89 bits per heavy atom. The van der Waals surface area contributed by atoms with Gasteiger partial charge in [-0.05, 0) is 36.8 Å². The summed E-state index contributed by atoms with van der Waals surface area (Å²) in [7, 11) is 0. The van der Waals surface area contributed by atoms with Crippen LogP contribution in [0.4, 0.5) is 10.5 Å². The van der Waals surface area contributed by atoms with Crippen molar-refractivity contribution in [3.8, 4) is 0 Å². The smallest absolute Gasteiger partial charge is 0.315 e. The molecule has 1 aromatic rings. The molecule has 0 unspecified atom stereocenters. The van der Waals surface area contributed by atoms with E-state index in [0.29, 0.717) is 5.92 Å². The number of benzene rings is 1. The van der Waals surface area contributed by atoms with Crippen LogP contribution >= 0.6 is 0 Å². The van der Waals surface area contributed by atoms with Gasteiger partial charge in [0.25, 0.3) is 0 Å². The van der Waals surface area contributed by atoms with E-state index in [2.05, 4.69) is 17.5 Å². The Bertz CT molecular complexity index is 489. The summed E-state index contributed by atoms with van der Waals surface area (Å²) in [6, 6.07) is 8.11. The summed E-state index contributed by atoms with van der Waals surface area (Å²) < 4.78 is 0. The highest BCUT2D eigenvalue weighted by Gasteiger charge is 2.23. The number of amides is 2. The third kappa shape index (κ3) is 2.65. The van der Waals surface area contributed by atoms with Crippen LogP contribution < -0.4 is 10.2 Å². The Hall–Kier alpha value is -1.77. The van der Waals surface area contributed by atoms with E-state index in [-0.39, 0.29) is 6.03 Å². The van der Waals surface area contributed by atoms with E-state index in [1.807, 2.05) is 29.3 Å². The first-order valence-electron chi connectivity index (χ1n) is 7.17. The van der Waals surface area contributed by atoms with E-state index in [4.69, 9.17) is 0 Å². The zero-order chi connectivity index (χ0) is 13.1.